The lowest BCUT2D eigenvalue weighted by atomic mass is 9.83. The number of urea groups is 1. The van der Waals surface area contributed by atoms with E-state index < -0.39 is 23.4 Å². The Hall–Kier alpha value is -4.17. The summed E-state index contributed by atoms with van der Waals surface area (Å²) in [6, 6.07) is 25.6. The van der Waals surface area contributed by atoms with Crippen LogP contribution in [0.4, 0.5) is 16.2 Å². The van der Waals surface area contributed by atoms with Crippen molar-refractivity contribution >= 4 is 29.2 Å². The number of morpholine rings is 1. The number of hydrogen-bond acceptors (Lipinski definition) is 5. The SMILES string of the molecule is O=C(CN1C(=O)N[C@](Cc2ccccc2)(c2ccccc2)C1=O)Nc1ccc(N2CCOCC2)cc1. The van der Waals surface area contributed by atoms with Crippen LogP contribution in [-0.2, 0) is 26.3 Å². The summed E-state index contributed by atoms with van der Waals surface area (Å²) in [7, 11) is 0. The Morgan fingerprint density at radius 3 is 2.19 bits per heavy atom. The first-order valence-corrected chi connectivity index (χ1v) is 12.0. The predicted molar refractivity (Wildman–Crippen MR) is 137 cm³/mol. The van der Waals surface area contributed by atoms with Gasteiger partial charge in [-0.15, -0.1) is 0 Å². The van der Waals surface area contributed by atoms with Crippen molar-refractivity contribution in [1.82, 2.24) is 10.2 Å². The van der Waals surface area contributed by atoms with Crippen LogP contribution in [-0.4, -0.2) is 55.6 Å². The van der Waals surface area contributed by atoms with Crippen molar-refractivity contribution in [2.45, 2.75) is 12.0 Å². The minimum atomic E-state index is -1.28. The molecule has 8 heteroatoms. The van der Waals surface area contributed by atoms with E-state index in [-0.39, 0.29) is 13.0 Å². The highest BCUT2D eigenvalue weighted by atomic mass is 16.5. The Morgan fingerprint density at radius 1 is 0.889 bits per heavy atom. The Kier molecular flexibility index (Phi) is 6.69. The van der Waals surface area contributed by atoms with Gasteiger partial charge in [0.1, 0.15) is 6.54 Å². The van der Waals surface area contributed by atoms with Crippen LogP contribution in [0.1, 0.15) is 11.1 Å². The average molecular weight is 485 g/mol. The largest absolute Gasteiger partial charge is 0.378 e. The molecule has 2 heterocycles. The van der Waals surface area contributed by atoms with E-state index in [1.165, 1.54) is 0 Å². The minimum Gasteiger partial charge on any atom is -0.378 e. The monoisotopic (exact) mass is 484 g/mol. The lowest BCUT2D eigenvalue weighted by Crippen LogP contribution is -2.46. The van der Waals surface area contributed by atoms with Gasteiger partial charge in [0.25, 0.3) is 5.91 Å². The normalized spacial score (nSPS) is 19.8. The van der Waals surface area contributed by atoms with Crippen molar-refractivity contribution in [3.63, 3.8) is 0 Å². The Morgan fingerprint density at radius 2 is 1.53 bits per heavy atom. The summed E-state index contributed by atoms with van der Waals surface area (Å²) in [6.45, 7) is 2.66. The van der Waals surface area contributed by atoms with Crippen LogP contribution in [0.25, 0.3) is 0 Å². The van der Waals surface area contributed by atoms with Crippen molar-refractivity contribution in [2.75, 3.05) is 43.1 Å². The molecule has 0 aromatic heterocycles. The van der Waals surface area contributed by atoms with Crippen molar-refractivity contribution in [1.29, 1.82) is 0 Å². The van der Waals surface area contributed by atoms with Crippen LogP contribution in [0.3, 0.4) is 0 Å². The van der Waals surface area contributed by atoms with Gasteiger partial charge in [-0.3, -0.25) is 14.5 Å². The fourth-order valence-corrected chi connectivity index (χ4v) is 4.73. The molecule has 2 aliphatic heterocycles. The van der Waals surface area contributed by atoms with Gasteiger partial charge in [0.05, 0.1) is 13.2 Å². The zero-order chi connectivity index (χ0) is 25.0. The van der Waals surface area contributed by atoms with Crippen molar-refractivity contribution in [3.8, 4) is 0 Å². The summed E-state index contributed by atoms with van der Waals surface area (Å²) in [5.41, 5.74) is 1.96. The highest BCUT2D eigenvalue weighted by molar-refractivity contribution is 6.10. The first-order chi connectivity index (χ1) is 17.5. The molecule has 0 aliphatic carbocycles. The number of hydrogen-bond donors (Lipinski definition) is 2. The molecule has 0 saturated carbocycles. The molecule has 2 aliphatic rings. The molecule has 36 heavy (non-hydrogen) atoms. The highest BCUT2D eigenvalue weighted by Crippen LogP contribution is 2.33. The Balaban J connectivity index is 1.30. The molecular formula is C28H28N4O4. The van der Waals surface area contributed by atoms with E-state index >= 15 is 0 Å². The van der Waals surface area contributed by atoms with E-state index in [9.17, 15) is 14.4 Å². The van der Waals surface area contributed by atoms with Gasteiger partial charge in [0.2, 0.25) is 5.91 Å². The van der Waals surface area contributed by atoms with Crippen LogP contribution >= 0.6 is 0 Å². The topological polar surface area (TPSA) is 91.0 Å². The smallest absolute Gasteiger partial charge is 0.325 e. The lowest BCUT2D eigenvalue weighted by Gasteiger charge is -2.29. The fraction of sp³-hybridized carbons (Fsp3) is 0.250. The van der Waals surface area contributed by atoms with E-state index in [1.807, 2.05) is 84.9 Å². The van der Waals surface area contributed by atoms with Gasteiger partial charge >= 0.3 is 6.03 Å². The summed E-state index contributed by atoms with van der Waals surface area (Å²) in [4.78, 5) is 42.7. The zero-order valence-electron chi connectivity index (χ0n) is 19.9. The summed E-state index contributed by atoms with van der Waals surface area (Å²) < 4.78 is 5.39. The summed E-state index contributed by atoms with van der Waals surface area (Å²) >= 11 is 0. The van der Waals surface area contributed by atoms with Crippen LogP contribution in [0.2, 0.25) is 0 Å². The maximum absolute atomic E-state index is 13.7. The van der Waals surface area contributed by atoms with Crippen molar-refractivity contribution < 1.29 is 19.1 Å². The Labute approximate surface area is 209 Å². The van der Waals surface area contributed by atoms with Crippen molar-refractivity contribution in [2.24, 2.45) is 0 Å². The van der Waals surface area contributed by atoms with E-state index in [4.69, 9.17) is 4.74 Å². The fourth-order valence-electron chi connectivity index (χ4n) is 4.73. The number of benzene rings is 3. The lowest BCUT2D eigenvalue weighted by molar-refractivity contribution is -0.134. The molecule has 3 aromatic carbocycles. The highest BCUT2D eigenvalue weighted by Gasteiger charge is 2.52. The average Bonchev–Trinajstić information content (AvgIpc) is 3.15. The minimum absolute atomic E-state index is 0.281. The van der Waals surface area contributed by atoms with Gasteiger partial charge in [-0.2, -0.15) is 0 Å². The maximum atomic E-state index is 13.7. The summed E-state index contributed by atoms with van der Waals surface area (Å²) in [5, 5.41) is 5.69. The molecule has 0 unspecified atom stereocenters. The molecule has 8 nitrogen and oxygen atoms in total. The molecule has 0 bridgehead atoms. The van der Waals surface area contributed by atoms with E-state index in [0.29, 0.717) is 24.5 Å². The second-order valence-corrected chi connectivity index (χ2v) is 8.95. The third-order valence-electron chi connectivity index (χ3n) is 6.58. The summed E-state index contributed by atoms with van der Waals surface area (Å²) in [6.07, 6.45) is 0.281. The van der Waals surface area contributed by atoms with Crippen LogP contribution in [0.5, 0.6) is 0 Å². The zero-order valence-corrected chi connectivity index (χ0v) is 19.9. The van der Waals surface area contributed by atoms with Crippen LogP contribution in [0.15, 0.2) is 84.9 Å². The van der Waals surface area contributed by atoms with Gasteiger partial charge in [0, 0.05) is 30.9 Å². The quantitative estimate of drug-likeness (QED) is 0.503. The van der Waals surface area contributed by atoms with Crippen LogP contribution in [0, 0.1) is 0 Å². The number of imide groups is 1. The number of rotatable bonds is 7. The molecule has 5 rings (SSSR count). The standard InChI is InChI=1S/C28H28N4O4/c33-25(29-23-11-13-24(14-12-23)31-15-17-36-18-16-31)20-32-26(34)28(30-27(32)35,22-9-5-2-6-10-22)19-21-7-3-1-4-8-21/h1-14H,15-20H2,(H,29,33)(H,30,35)/t28-/m1/s1. The van der Waals surface area contributed by atoms with Crippen LogP contribution < -0.4 is 15.5 Å². The molecule has 0 spiro atoms. The Bertz CT molecular complexity index is 1230. The second kappa shape index (κ2) is 10.2. The molecule has 2 N–H and O–H groups in total. The first kappa shape index (κ1) is 23.6. The number of nitrogens with one attached hydrogen (secondary N) is 2. The second-order valence-electron chi connectivity index (χ2n) is 8.95. The van der Waals surface area contributed by atoms with E-state index in [0.717, 1.165) is 29.2 Å². The third-order valence-corrected chi connectivity index (χ3v) is 6.58. The molecule has 184 valence electrons. The van der Waals surface area contributed by atoms with Gasteiger partial charge < -0.3 is 20.3 Å². The predicted octanol–water partition coefficient (Wildman–Crippen LogP) is 3.15. The number of amides is 4. The number of nitrogens with zero attached hydrogens (tertiary/aromatic N) is 2. The molecule has 2 saturated heterocycles. The number of anilines is 2. The van der Waals surface area contributed by atoms with Gasteiger partial charge in [-0.1, -0.05) is 60.7 Å². The van der Waals surface area contributed by atoms with E-state index in [2.05, 4.69) is 15.5 Å². The van der Waals surface area contributed by atoms with Gasteiger partial charge in [-0.05, 0) is 35.4 Å². The maximum Gasteiger partial charge on any atom is 0.325 e. The number of ether oxygens (including phenoxy) is 1. The molecule has 4 amide bonds. The molecule has 1 atom stereocenters. The molecule has 3 aromatic rings. The third kappa shape index (κ3) is 4.81. The molecule has 2 fully saturated rings. The molecule has 0 radical (unpaired) electrons. The van der Waals surface area contributed by atoms with Gasteiger partial charge in [-0.25, -0.2) is 4.79 Å². The van der Waals surface area contributed by atoms with Crippen molar-refractivity contribution in [3.05, 3.63) is 96.1 Å². The van der Waals surface area contributed by atoms with E-state index in [1.54, 1.807) is 0 Å². The van der Waals surface area contributed by atoms with Gasteiger partial charge in [0.15, 0.2) is 5.54 Å². The first-order valence-electron chi connectivity index (χ1n) is 12.0. The summed E-state index contributed by atoms with van der Waals surface area (Å²) in [5.74, 6) is -0.887. The molecular weight excluding hydrogens is 456 g/mol. The number of carbonyl (C=O) groups excluding carboxylic acids is 3. The number of carbonyl (C=O) groups is 3.